The summed E-state index contributed by atoms with van der Waals surface area (Å²) in [7, 11) is -2.95. The fourth-order valence-electron chi connectivity index (χ4n) is 3.55. The van der Waals surface area contributed by atoms with Gasteiger partial charge in [-0.15, -0.1) is 0 Å². The molecule has 1 unspecified atom stereocenters. The Morgan fingerprint density at radius 2 is 2.00 bits per heavy atom. The summed E-state index contributed by atoms with van der Waals surface area (Å²) in [6.45, 7) is 5.11. The molecule has 1 aromatic heterocycles. The Kier molecular flexibility index (Phi) is 5.79. The van der Waals surface area contributed by atoms with Crippen LogP contribution in [0.15, 0.2) is 42.7 Å². The number of benzene rings is 1. The Labute approximate surface area is 155 Å². The van der Waals surface area contributed by atoms with Crippen molar-refractivity contribution in [2.75, 3.05) is 31.1 Å². The summed E-state index contributed by atoms with van der Waals surface area (Å²) in [5.74, 6) is 0.413. The first-order valence-corrected chi connectivity index (χ1v) is 10.9. The van der Waals surface area contributed by atoms with Crippen molar-refractivity contribution in [2.45, 2.75) is 31.8 Å². The van der Waals surface area contributed by atoms with E-state index in [4.69, 9.17) is 5.73 Å². The Hall–Kier alpha value is -1.70. The maximum absolute atomic E-state index is 11.8. The molecule has 1 fully saturated rings. The van der Waals surface area contributed by atoms with Gasteiger partial charge in [-0.05, 0) is 25.3 Å². The molecule has 1 atom stereocenters. The van der Waals surface area contributed by atoms with Crippen LogP contribution in [0.4, 0.5) is 0 Å². The van der Waals surface area contributed by atoms with Crippen LogP contribution in [-0.2, 0) is 28.3 Å². The fourth-order valence-corrected chi connectivity index (χ4v) is 5.67. The summed E-state index contributed by atoms with van der Waals surface area (Å²) in [4.78, 5) is 2.32. The lowest BCUT2D eigenvalue weighted by Crippen LogP contribution is -2.32. The Morgan fingerprint density at radius 3 is 2.65 bits per heavy atom. The molecule has 7 heteroatoms. The van der Waals surface area contributed by atoms with E-state index in [2.05, 4.69) is 34.3 Å². The topological polar surface area (TPSA) is 81.2 Å². The lowest BCUT2D eigenvalue weighted by Gasteiger charge is -2.23. The molecule has 0 bridgehead atoms. The number of aromatic nitrogens is 2. The molecule has 26 heavy (non-hydrogen) atoms. The zero-order chi connectivity index (χ0) is 18.6. The van der Waals surface area contributed by atoms with Gasteiger partial charge in [-0.1, -0.05) is 30.3 Å². The molecule has 2 aromatic rings. The summed E-state index contributed by atoms with van der Waals surface area (Å²) in [5.41, 5.74) is 7.76. The molecular formula is C19H28N4O2S. The number of rotatable bonds is 8. The minimum absolute atomic E-state index is 0.168. The van der Waals surface area contributed by atoms with Crippen molar-refractivity contribution in [1.29, 1.82) is 0 Å². The van der Waals surface area contributed by atoms with Gasteiger partial charge in [-0.3, -0.25) is 9.58 Å². The van der Waals surface area contributed by atoms with Crippen LogP contribution in [0, 0.1) is 0 Å². The number of hydrogen-bond acceptors (Lipinski definition) is 5. The van der Waals surface area contributed by atoms with Gasteiger partial charge in [0, 0.05) is 37.9 Å². The van der Waals surface area contributed by atoms with E-state index >= 15 is 0 Å². The maximum Gasteiger partial charge on any atom is 0.152 e. The number of nitrogens with zero attached hydrogens (tertiary/aromatic N) is 3. The first-order chi connectivity index (χ1) is 12.4. The van der Waals surface area contributed by atoms with Crippen molar-refractivity contribution < 1.29 is 8.42 Å². The summed E-state index contributed by atoms with van der Waals surface area (Å²) in [6, 6.07) is 10.4. The van der Waals surface area contributed by atoms with Crippen molar-refractivity contribution in [1.82, 2.24) is 14.7 Å². The van der Waals surface area contributed by atoms with Crippen LogP contribution >= 0.6 is 0 Å². The molecule has 2 heterocycles. The van der Waals surface area contributed by atoms with E-state index in [1.54, 1.807) is 0 Å². The Balaban J connectivity index is 1.64. The van der Waals surface area contributed by atoms with Crippen molar-refractivity contribution >= 4 is 9.84 Å². The summed E-state index contributed by atoms with van der Waals surface area (Å²) < 4.78 is 25.5. The minimum Gasteiger partial charge on any atom is -0.329 e. The summed E-state index contributed by atoms with van der Waals surface area (Å²) in [5, 5.41) is 4.46. The highest BCUT2D eigenvalue weighted by atomic mass is 32.2. The van der Waals surface area contributed by atoms with Gasteiger partial charge in [-0.2, -0.15) is 5.10 Å². The Morgan fingerprint density at radius 1 is 1.23 bits per heavy atom. The highest BCUT2D eigenvalue weighted by Crippen LogP contribution is 2.30. The van der Waals surface area contributed by atoms with Gasteiger partial charge in [0.15, 0.2) is 9.84 Å². The first-order valence-electron chi connectivity index (χ1n) is 9.11. The van der Waals surface area contributed by atoms with E-state index in [1.165, 1.54) is 5.56 Å². The van der Waals surface area contributed by atoms with E-state index < -0.39 is 15.4 Å². The lowest BCUT2D eigenvalue weighted by atomic mass is 10.0. The molecule has 0 aliphatic carbocycles. The van der Waals surface area contributed by atoms with Gasteiger partial charge in [0.25, 0.3) is 0 Å². The standard InChI is InChI=1S/C19H28N4O2S/c1-19(8-12-26(24,25)16-19)23-15-18(13-21-23)14-22(11-9-20)10-7-17-5-3-2-4-6-17/h2-6,13,15H,7-12,14,16,20H2,1H3. The van der Waals surface area contributed by atoms with Crippen LogP contribution in [0.5, 0.6) is 0 Å². The summed E-state index contributed by atoms with van der Waals surface area (Å²) in [6.07, 6.45) is 5.44. The van der Waals surface area contributed by atoms with Crippen molar-refractivity contribution in [3.05, 3.63) is 53.9 Å². The maximum atomic E-state index is 11.8. The SMILES string of the molecule is CC1(n2cc(CN(CCN)CCc3ccccc3)cn2)CCS(=O)(=O)C1. The molecule has 6 nitrogen and oxygen atoms in total. The molecule has 0 saturated carbocycles. The molecule has 3 rings (SSSR count). The molecule has 1 aliphatic heterocycles. The average Bonchev–Trinajstić information content (AvgIpc) is 3.19. The van der Waals surface area contributed by atoms with E-state index in [0.717, 1.165) is 31.6 Å². The van der Waals surface area contributed by atoms with Crippen LogP contribution < -0.4 is 5.73 Å². The molecule has 0 radical (unpaired) electrons. The minimum atomic E-state index is -2.95. The second-order valence-electron chi connectivity index (χ2n) is 7.43. The molecular weight excluding hydrogens is 348 g/mol. The highest BCUT2D eigenvalue weighted by Gasteiger charge is 2.40. The van der Waals surface area contributed by atoms with Gasteiger partial charge in [0.1, 0.15) is 0 Å². The smallest absolute Gasteiger partial charge is 0.152 e. The van der Waals surface area contributed by atoms with Crippen molar-refractivity contribution in [3.63, 3.8) is 0 Å². The van der Waals surface area contributed by atoms with Gasteiger partial charge in [0.2, 0.25) is 0 Å². The van der Waals surface area contributed by atoms with Gasteiger partial charge < -0.3 is 5.73 Å². The normalized spacial score (nSPS) is 22.1. The fraction of sp³-hybridized carbons (Fsp3) is 0.526. The van der Waals surface area contributed by atoms with E-state index in [0.29, 0.717) is 13.0 Å². The monoisotopic (exact) mass is 376 g/mol. The largest absolute Gasteiger partial charge is 0.329 e. The molecule has 1 saturated heterocycles. The van der Waals surface area contributed by atoms with Crippen LogP contribution in [0.3, 0.4) is 0 Å². The quantitative estimate of drug-likeness (QED) is 0.754. The van der Waals surface area contributed by atoms with E-state index in [9.17, 15) is 8.42 Å². The van der Waals surface area contributed by atoms with Crippen LogP contribution in [0.2, 0.25) is 0 Å². The van der Waals surface area contributed by atoms with Gasteiger partial charge in [0.05, 0.1) is 23.2 Å². The van der Waals surface area contributed by atoms with Crippen molar-refractivity contribution in [3.8, 4) is 0 Å². The van der Waals surface area contributed by atoms with Gasteiger partial charge >= 0.3 is 0 Å². The second-order valence-corrected chi connectivity index (χ2v) is 9.62. The third kappa shape index (κ3) is 4.72. The van der Waals surface area contributed by atoms with Crippen LogP contribution in [0.25, 0.3) is 0 Å². The van der Waals surface area contributed by atoms with Gasteiger partial charge in [-0.25, -0.2) is 8.42 Å². The third-order valence-electron chi connectivity index (χ3n) is 5.08. The second kappa shape index (κ2) is 7.90. The lowest BCUT2D eigenvalue weighted by molar-refractivity contribution is 0.275. The van der Waals surface area contributed by atoms with E-state index in [-0.39, 0.29) is 11.5 Å². The van der Waals surface area contributed by atoms with E-state index in [1.807, 2.05) is 30.1 Å². The average molecular weight is 377 g/mol. The third-order valence-corrected chi connectivity index (χ3v) is 6.97. The molecule has 142 valence electrons. The predicted molar refractivity (Wildman–Crippen MR) is 104 cm³/mol. The summed E-state index contributed by atoms with van der Waals surface area (Å²) >= 11 is 0. The van der Waals surface area contributed by atoms with Crippen LogP contribution in [-0.4, -0.2) is 54.2 Å². The van der Waals surface area contributed by atoms with Crippen molar-refractivity contribution in [2.24, 2.45) is 5.73 Å². The molecule has 0 amide bonds. The molecule has 2 N–H and O–H groups in total. The first kappa shape index (κ1) is 19.1. The number of nitrogens with two attached hydrogens (primary N) is 1. The number of sulfone groups is 1. The molecule has 1 aromatic carbocycles. The Bertz CT molecular complexity index is 819. The molecule has 0 spiro atoms. The zero-order valence-electron chi connectivity index (χ0n) is 15.3. The zero-order valence-corrected chi connectivity index (χ0v) is 16.2. The number of hydrogen-bond donors (Lipinski definition) is 1. The molecule has 1 aliphatic rings. The van der Waals surface area contributed by atoms with Crippen LogP contribution in [0.1, 0.15) is 24.5 Å². The highest BCUT2D eigenvalue weighted by molar-refractivity contribution is 7.91. The predicted octanol–water partition coefficient (Wildman–Crippen LogP) is 1.42.